The molecule has 0 radical (unpaired) electrons. The fourth-order valence-electron chi connectivity index (χ4n) is 11.4. The van der Waals surface area contributed by atoms with Crippen LogP contribution in [0.4, 0.5) is 0 Å². The van der Waals surface area contributed by atoms with Crippen LogP contribution in [0.15, 0.2) is 0 Å². The number of piperidine rings is 1. The first-order valence-corrected chi connectivity index (χ1v) is 13.9. The average Bonchev–Trinajstić information content (AvgIpc) is 3.26. The van der Waals surface area contributed by atoms with Gasteiger partial charge in [-0.05, 0) is 44.1 Å². The summed E-state index contributed by atoms with van der Waals surface area (Å²) in [5.74, 6) is 0.300. The van der Waals surface area contributed by atoms with Crippen molar-refractivity contribution in [2.24, 2.45) is 40.4 Å². The van der Waals surface area contributed by atoms with Gasteiger partial charge in [-0.3, -0.25) is 14.5 Å². The van der Waals surface area contributed by atoms with Gasteiger partial charge >= 0.3 is 11.9 Å². The fourth-order valence-corrected chi connectivity index (χ4v) is 11.4. The molecule has 8 heteroatoms. The number of fused-ring (bicyclic) bond motifs is 2. The number of methoxy groups -OCH3 is 3. The van der Waals surface area contributed by atoms with Gasteiger partial charge in [-0.25, -0.2) is 0 Å². The molecular formula is C28H43NO7. The molecule has 0 aromatic carbocycles. The lowest BCUT2D eigenvalue weighted by molar-refractivity contribution is -0.281. The Labute approximate surface area is 214 Å². The molecular weight excluding hydrogens is 462 g/mol. The van der Waals surface area contributed by atoms with Crippen molar-refractivity contribution in [2.75, 3.05) is 41.0 Å². The Morgan fingerprint density at radius 3 is 2.42 bits per heavy atom. The second-order valence-corrected chi connectivity index (χ2v) is 12.6. The molecule has 1 aliphatic heterocycles. The third kappa shape index (κ3) is 2.85. The van der Waals surface area contributed by atoms with Crippen LogP contribution in [-0.2, 0) is 33.3 Å². The molecule has 202 valence electrons. The summed E-state index contributed by atoms with van der Waals surface area (Å²) in [7, 11) is 5.45. The van der Waals surface area contributed by atoms with Crippen molar-refractivity contribution in [2.45, 2.75) is 82.8 Å². The largest absolute Gasteiger partial charge is 0.462 e. The van der Waals surface area contributed by atoms with E-state index in [4.69, 9.17) is 23.7 Å². The van der Waals surface area contributed by atoms with Gasteiger partial charge in [0.15, 0.2) is 0 Å². The highest BCUT2D eigenvalue weighted by atomic mass is 16.6. The summed E-state index contributed by atoms with van der Waals surface area (Å²) >= 11 is 0. The third-order valence-corrected chi connectivity index (χ3v) is 11.7. The maximum atomic E-state index is 12.8. The van der Waals surface area contributed by atoms with Crippen LogP contribution >= 0.6 is 0 Å². The minimum Gasteiger partial charge on any atom is -0.462 e. The molecule has 6 fully saturated rings. The van der Waals surface area contributed by atoms with Crippen molar-refractivity contribution in [1.29, 1.82) is 0 Å². The molecule has 36 heavy (non-hydrogen) atoms. The molecule has 7 bridgehead atoms. The number of likely N-dealkylation sites (tertiary alicyclic amines) is 1. The summed E-state index contributed by atoms with van der Waals surface area (Å²) in [4.78, 5) is 27.9. The van der Waals surface area contributed by atoms with E-state index in [1.165, 1.54) is 13.8 Å². The monoisotopic (exact) mass is 505 g/mol. The van der Waals surface area contributed by atoms with Crippen LogP contribution in [0.5, 0.6) is 0 Å². The summed E-state index contributed by atoms with van der Waals surface area (Å²) in [6.07, 6.45) is 4.35. The van der Waals surface area contributed by atoms with Crippen molar-refractivity contribution in [3.8, 4) is 0 Å². The number of carbonyl (C=O) groups is 2. The van der Waals surface area contributed by atoms with Crippen LogP contribution in [0.3, 0.4) is 0 Å². The van der Waals surface area contributed by atoms with E-state index < -0.39 is 5.60 Å². The van der Waals surface area contributed by atoms with E-state index in [0.717, 1.165) is 45.4 Å². The first-order valence-electron chi connectivity index (χ1n) is 13.9. The molecule has 1 heterocycles. The zero-order valence-corrected chi connectivity index (χ0v) is 22.7. The fraction of sp³-hybridized carbons (Fsp3) is 0.929. The highest BCUT2D eigenvalue weighted by Crippen LogP contribution is 2.79. The third-order valence-electron chi connectivity index (χ3n) is 11.7. The molecule has 0 aromatic rings. The lowest BCUT2D eigenvalue weighted by Crippen LogP contribution is -2.77. The molecule has 0 aromatic heterocycles. The van der Waals surface area contributed by atoms with E-state index in [2.05, 4.69) is 11.8 Å². The summed E-state index contributed by atoms with van der Waals surface area (Å²) < 4.78 is 31.1. The number of hydrogen-bond acceptors (Lipinski definition) is 8. The molecule has 1 spiro atoms. The Morgan fingerprint density at radius 1 is 1.03 bits per heavy atom. The zero-order valence-electron chi connectivity index (χ0n) is 22.7. The molecule has 5 saturated carbocycles. The number of nitrogens with zero attached hydrogens (tertiary/aromatic N) is 1. The van der Waals surface area contributed by atoms with E-state index >= 15 is 0 Å². The van der Waals surface area contributed by atoms with Crippen molar-refractivity contribution < 1.29 is 33.3 Å². The van der Waals surface area contributed by atoms with Crippen molar-refractivity contribution >= 4 is 11.9 Å². The SMILES string of the molecule is CCN1C[C@]2(COC)CC[C@H](OC)[C@@]34[C@@H]5C[C@H]6[C@H](OC(C)=O)[C@@H]5[C@](OC(C)=O)(C[C@@H]6OC)[C@@H](C[C@H]23)[C@@H]14. The smallest absolute Gasteiger partial charge is 0.303 e. The summed E-state index contributed by atoms with van der Waals surface area (Å²) in [5.41, 5.74) is -0.752. The molecule has 0 N–H and O–H groups in total. The van der Waals surface area contributed by atoms with Crippen LogP contribution in [0.25, 0.3) is 0 Å². The van der Waals surface area contributed by atoms with Crippen LogP contribution in [0, 0.1) is 40.4 Å². The maximum Gasteiger partial charge on any atom is 0.303 e. The van der Waals surface area contributed by atoms with E-state index in [-0.39, 0.29) is 70.8 Å². The summed E-state index contributed by atoms with van der Waals surface area (Å²) in [6.45, 7) is 7.97. The van der Waals surface area contributed by atoms with Crippen molar-refractivity contribution in [1.82, 2.24) is 4.90 Å². The van der Waals surface area contributed by atoms with Gasteiger partial charge in [0.25, 0.3) is 0 Å². The number of carbonyl (C=O) groups excluding carboxylic acids is 2. The first kappa shape index (κ1) is 25.1. The van der Waals surface area contributed by atoms with Gasteiger partial charge in [0.1, 0.15) is 11.7 Å². The molecule has 12 atom stereocenters. The molecule has 6 aliphatic rings. The number of ether oxygens (including phenoxy) is 5. The Hall–Kier alpha value is -1.22. The van der Waals surface area contributed by atoms with Gasteiger partial charge in [-0.15, -0.1) is 0 Å². The Morgan fingerprint density at radius 2 is 1.81 bits per heavy atom. The van der Waals surface area contributed by atoms with Gasteiger partial charge < -0.3 is 23.7 Å². The molecule has 0 amide bonds. The van der Waals surface area contributed by atoms with E-state index in [1.54, 1.807) is 7.11 Å². The Balaban J connectivity index is 1.60. The van der Waals surface area contributed by atoms with Gasteiger partial charge in [0, 0.05) is 82.8 Å². The highest BCUT2D eigenvalue weighted by Gasteiger charge is 2.85. The van der Waals surface area contributed by atoms with Crippen molar-refractivity contribution in [3.05, 3.63) is 0 Å². The van der Waals surface area contributed by atoms with Crippen LogP contribution in [0.1, 0.15) is 52.9 Å². The molecule has 5 aliphatic carbocycles. The highest BCUT2D eigenvalue weighted by molar-refractivity contribution is 5.67. The molecule has 0 unspecified atom stereocenters. The van der Waals surface area contributed by atoms with Crippen LogP contribution in [0.2, 0.25) is 0 Å². The average molecular weight is 506 g/mol. The van der Waals surface area contributed by atoms with Crippen LogP contribution in [-0.4, -0.2) is 87.8 Å². The second-order valence-electron chi connectivity index (χ2n) is 12.6. The molecule has 1 saturated heterocycles. The minimum absolute atomic E-state index is 0.0410. The predicted octanol–water partition coefficient (Wildman–Crippen LogP) is 2.67. The standard InChI is InChI=1S/C28H43NO7/c1-7-29-13-26(14-32-4)9-8-22(34-6)28-18-10-17-20(33-5)12-27(36-16(3)31,19(25(28)29)11-21(26)28)23(18)24(17)35-15(2)30/h17-25H,7-14H2,1-6H3/t17-,18-,19+,20+,21-,22+,23-,24+,25-,26+,27+,28-/m1/s1. The quantitative estimate of drug-likeness (QED) is 0.489. The van der Waals surface area contributed by atoms with E-state index in [0.29, 0.717) is 12.3 Å². The van der Waals surface area contributed by atoms with E-state index in [9.17, 15) is 9.59 Å². The summed E-state index contributed by atoms with van der Waals surface area (Å²) in [5, 5.41) is 0. The lowest BCUT2D eigenvalue weighted by Gasteiger charge is -2.69. The zero-order chi connectivity index (χ0) is 25.6. The summed E-state index contributed by atoms with van der Waals surface area (Å²) in [6, 6.07) is 0.260. The van der Waals surface area contributed by atoms with E-state index in [1.807, 2.05) is 14.2 Å². The second kappa shape index (κ2) is 8.39. The van der Waals surface area contributed by atoms with Crippen molar-refractivity contribution in [3.63, 3.8) is 0 Å². The molecule has 6 rings (SSSR count). The maximum absolute atomic E-state index is 12.8. The normalized spacial score (nSPS) is 52.2. The predicted molar refractivity (Wildman–Crippen MR) is 130 cm³/mol. The van der Waals surface area contributed by atoms with Gasteiger partial charge in [0.05, 0.1) is 18.8 Å². The van der Waals surface area contributed by atoms with Gasteiger partial charge in [-0.2, -0.15) is 0 Å². The lowest BCUT2D eigenvalue weighted by atomic mass is 9.43. The molecule has 8 nitrogen and oxygen atoms in total. The minimum atomic E-state index is -0.716. The number of esters is 2. The topological polar surface area (TPSA) is 83.5 Å². The Kier molecular flexibility index (Phi) is 5.84. The number of rotatable bonds is 7. The van der Waals surface area contributed by atoms with Crippen LogP contribution < -0.4 is 0 Å². The Bertz CT molecular complexity index is 928. The first-order chi connectivity index (χ1) is 17.2. The number of hydrogen-bond donors (Lipinski definition) is 0. The van der Waals surface area contributed by atoms with Gasteiger partial charge in [-0.1, -0.05) is 6.92 Å². The van der Waals surface area contributed by atoms with Gasteiger partial charge in [0.2, 0.25) is 0 Å².